The molecular weight excluding hydrogens is 309 g/mol. The number of hydrogen-bond donors (Lipinski definition) is 1. The van der Waals surface area contributed by atoms with Crippen molar-refractivity contribution in [1.29, 1.82) is 0 Å². The van der Waals surface area contributed by atoms with Crippen molar-refractivity contribution in [3.63, 3.8) is 0 Å². The van der Waals surface area contributed by atoms with Gasteiger partial charge in [-0.3, -0.25) is 0 Å². The van der Waals surface area contributed by atoms with Crippen molar-refractivity contribution >= 4 is 43.6 Å². The zero-order valence-electron chi connectivity index (χ0n) is 9.11. The largest absolute Gasteiger partial charge is 0.389 e. The Morgan fingerprint density at radius 3 is 2.50 bits per heavy atom. The van der Waals surface area contributed by atoms with Gasteiger partial charge in [0.15, 0.2) is 0 Å². The van der Waals surface area contributed by atoms with Crippen LogP contribution in [-0.2, 0) is 4.74 Å². The summed E-state index contributed by atoms with van der Waals surface area (Å²) in [6, 6.07) is 0.182. The van der Waals surface area contributed by atoms with Gasteiger partial charge in [-0.1, -0.05) is 22.6 Å². The first-order valence-electron chi connectivity index (χ1n) is 4.96. The maximum atomic E-state index is 9.88. The molecule has 0 saturated carbocycles. The Morgan fingerprint density at radius 1 is 1.57 bits per heavy atom. The van der Waals surface area contributed by atoms with Crippen molar-refractivity contribution < 1.29 is 9.84 Å². The predicted molar refractivity (Wildman–Crippen MR) is 76.4 cm³/mol. The average Bonchev–Trinajstić information content (AvgIpc) is 2.28. The second-order valence-corrected chi connectivity index (χ2v) is 10.5. The summed E-state index contributed by atoms with van der Waals surface area (Å²) in [4.78, 5) is 0. The molecule has 1 heterocycles. The molecule has 1 fully saturated rings. The van der Waals surface area contributed by atoms with Crippen LogP contribution in [0.5, 0.6) is 0 Å². The highest BCUT2D eigenvalue weighted by atomic mass is 127. The van der Waals surface area contributed by atoms with E-state index in [9.17, 15) is 5.11 Å². The molecule has 0 aromatic rings. The minimum atomic E-state index is -0.978. The number of rotatable bonds is 3. The third kappa shape index (κ3) is 3.55. The summed E-state index contributed by atoms with van der Waals surface area (Å²) < 4.78 is 5.95. The summed E-state index contributed by atoms with van der Waals surface area (Å²) >= 11 is 2.28. The van der Waals surface area contributed by atoms with Crippen molar-refractivity contribution in [2.45, 2.75) is 28.6 Å². The van der Waals surface area contributed by atoms with Gasteiger partial charge in [0.25, 0.3) is 0 Å². The summed E-state index contributed by atoms with van der Waals surface area (Å²) in [6.45, 7) is 3.47. The molecule has 1 saturated heterocycles. The molecular formula is C9H19BIO2P. The minimum Gasteiger partial charge on any atom is -0.389 e. The average molecular weight is 328 g/mol. The minimum absolute atomic E-state index is 0.0351. The lowest BCUT2D eigenvalue weighted by molar-refractivity contribution is 0.0313. The highest BCUT2D eigenvalue weighted by Crippen LogP contribution is 2.38. The fourth-order valence-electron chi connectivity index (χ4n) is 1.63. The molecule has 0 radical (unpaired) electrons. The Kier molecular flexibility index (Phi) is 4.58. The first kappa shape index (κ1) is 13.1. The lowest BCUT2D eigenvalue weighted by atomic mass is 9.96. The molecule has 0 amide bonds. The smallest absolute Gasteiger partial charge is 0.140 e. The van der Waals surface area contributed by atoms with Gasteiger partial charge in [0.2, 0.25) is 0 Å². The summed E-state index contributed by atoms with van der Waals surface area (Å²) in [5, 5.41) is 9.88. The SMILES string of the molecule is B[C@@H]1O[C@H](CCP(=C)(C)C)[C@@H](O)C1I. The van der Waals surface area contributed by atoms with Crippen molar-refractivity contribution in [3.05, 3.63) is 0 Å². The summed E-state index contributed by atoms with van der Waals surface area (Å²) in [7, 11) is 2.03. The van der Waals surface area contributed by atoms with Crippen LogP contribution in [0.2, 0.25) is 0 Å². The standard InChI is InChI=1S/C9H19BIO2P/c1-14(2,3)5-4-6-8(12)7(11)9(10)13-6/h6-9,12H,1,4-5,10H2,2-3H3/t6-,7?,8-,9-/m1/s1. The number of hydrogen-bond acceptors (Lipinski definition) is 2. The molecule has 4 atom stereocenters. The Morgan fingerprint density at radius 2 is 2.14 bits per heavy atom. The third-order valence-electron chi connectivity index (χ3n) is 2.56. The van der Waals surface area contributed by atoms with Crippen LogP contribution in [-0.4, -0.2) is 60.9 Å². The summed E-state index contributed by atoms with van der Waals surface area (Å²) in [6.07, 6.45) is 5.96. The van der Waals surface area contributed by atoms with Crippen LogP contribution in [0.3, 0.4) is 0 Å². The van der Waals surface area contributed by atoms with E-state index in [0.717, 1.165) is 12.6 Å². The van der Waals surface area contributed by atoms with Gasteiger partial charge in [-0.2, -0.15) is 0 Å². The van der Waals surface area contributed by atoms with E-state index in [4.69, 9.17) is 4.74 Å². The second kappa shape index (κ2) is 4.90. The predicted octanol–water partition coefficient (Wildman–Crippen LogP) is 0.608. The first-order valence-corrected chi connectivity index (χ1v) is 9.26. The summed E-state index contributed by atoms with van der Waals surface area (Å²) in [5.74, 6) is 0. The van der Waals surface area contributed by atoms with Crippen LogP contribution in [0.4, 0.5) is 0 Å². The molecule has 0 aromatic carbocycles. The lowest BCUT2D eigenvalue weighted by Crippen LogP contribution is -2.28. The van der Waals surface area contributed by atoms with E-state index in [1.165, 1.54) is 0 Å². The van der Waals surface area contributed by atoms with E-state index in [2.05, 4.69) is 42.2 Å². The van der Waals surface area contributed by atoms with E-state index in [1.807, 2.05) is 7.85 Å². The van der Waals surface area contributed by atoms with Gasteiger partial charge < -0.3 is 9.84 Å². The molecule has 82 valence electrons. The number of aliphatic hydroxyl groups excluding tert-OH is 1. The van der Waals surface area contributed by atoms with E-state index in [-0.39, 0.29) is 22.1 Å². The van der Waals surface area contributed by atoms with Crippen molar-refractivity contribution in [2.24, 2.45) is 0 Å². The van der Waals surface area contributed by atoms with Gasteiger partial charge in [0, 0.05) is 6.00 Å². The fraction of sp³-hybridized carbons (Fsp3) is 0.889. The normalized spacial score (nSPS) is 38.9. The van der Waals surface area contributed by atoms with Crippen LogP contribution in [0, 0.1) is 0 Å². The van der Waals surface area contributed by atoms with Gasteiger partial charge in [-0.05, 0) is 25.9 Å². The maximum Gasteiger partial charge on any atom is 0.140 e. The van der Waals surface area contributed by atoms with Gasteiger partial charge in [-0.25, -0.2) is 0 Å². The maximum absolute atomic E-state index is 9.88. The van der Waals surface area contributed by atoms with Gasteiger partial charge >= 0.3 is 0 Å². The molecule has 0 bridgehead atoms. The van der Waals surface area contributed by atoms with Gasteiger partial charge in [-0.15, -0.1) is 13.2 Å². The molecule has 1 aliphatic rings. The molecule has 0 aliphatic carbocycles. The Bertz CT molecular complexity index is 243. The van der Waals surface area contributed by atoms with Gasteiger partial charge in [0.05, 0.1) is 16.1 Å². The highest BCUT2D eigenvalue weighted by Gasteiger charge is 2.38. The summed E-state index contributed by atoms with van der Waals surface area (Å²) in [5.41, 5.74) is 0. The molecule has 1 N–H and O–H groups in total. The van der Waals surface area contributed by atoms with Crippen molar-refractivity contribution in [1.82, 2.24) is 0 Å². The fourth-order valence-corrected chi connectivity index (χ4v) is 3.22. The van der Waals surface area contributed by atoms with Gasteiger partial charge in [0.1, 0.15) is 7.85 Å². The molecule has 5 heteroatoms. The highest BCUT2D eigenvalue weighted by molar-refractivity contribution is 14.1. The topological polar surface area (TPSA) is 29.5 Å². The van der Waals surface area contributed by atoms with Crippen molar-refractivity contribution in [2.75, 3.05) is 19.5 Å². The molecule has 2 nitrogen and oxygen atoms in total. The molecule has 1 rings (SSSR count). The zero-order chi connectivity index (χ0) is 10.9. The lowest BCUT2D eigenvalue weighted by Gasteiger charge is -2.18. The number of alkyl halides is 1. The Labute approximate surface area is 101 Å². The van der Waals surface area contributed by atoms with Crippen LogP contribution >= 0.6 is 29.5 Å². The number of halogens is 1. The van der Waals surface area contributed by atoms with Crippen LogP contribution < -0.4 is 0 Å². The quantitative estimate of drug-likeness (QED) is 0.356. The molecule has 0 aromatic heterocycles. The van der Waals surface area contributed by atoms with Crippen LogP contribution in [0.15, 0.2) is 0 Å². The third-order valence-corrected chi connectivity index (χ3v) is 5.78. The molecule has 0 spiro atoms. The molecule has 1 unspecified atom stereocenters. The van der Waals surface area contributed by atoms with Crippen LogP contribution in [0.1, 0.15) is 6.42 Å². The molecule has 14 heavy (non-hydrogen) atoms. The molecule has 1 aliphatic heterocycles. The van der Waals surface area contributed by atoms with E-state index in [1.54, 1.807) is 0 Å². The van der Waals surface area contributed by atoms with Crippen molar-refractivity contribution in [3.8, 4) is 0 Å². The number of ether oxygens (including phenoxy) is 1. The monoisotopic (exact) mass is 328 g/mol. The Hall–Kier alpha value is 1.01. The van der Waals surface area contributed by atoms with E-state index >= 15 is 0 Å². The van der Waals surface area contributed by atoms with E-state index in [0.29, 0.717) is 0 Å². The Balaban J connectivity index is 2.44. The van der Waals surface area contributed by atoms with E-state index < -0.39 is 6.89 Å². The first-order chi connectivity index (χ1) is 6.31. The van der Waals surface area contributed by atoms with Crippen LogP contribution in [0.25, 0.3) is 0 Å². The number of aliphatic hydroxyl groups is 1. The second-order valence-electron chi connectivity index (χ2n) is 4.76. The zero-order valence-corrected chi connectivity index (χ0v) is 12.2.